The van der Waals surface area contributed by atoms with E-state index in [1.54, 1.807) is 0 Å². The summed E-state index contributed by atoms with van der Waals surface area (Å²) in [6.45, 7) is 2.09. The Bertz CT molecular complexity index is 562. The molecule has 0 aromatic heterocycles. The van der Waals surface area contributed by atoms with E-state index in [4.69, 9.17) is 11.6 Å². The predicted molar refractivity (Wildman–Crippen MR) is 87.0 cm³/mol. The molecular weight excluding hydrogens is 338 g/mol. The van der Waals surface area contributed by atoms with Gasteiger partial charge in [-0.1, -0.05) is 63.9 Å². The molecule has 2 nitrogen and oxygen atoms in total. The SMILES string of the molecule is CC(NC(CO)c1ccccc1)c1ccc(Br)cc1Cl. The molecule has 2 aromatic carbocycles. The van der Waals surface area contributed by atoms with E-state index in [9.17, 15) is 5.11 Å². The van der Waals surface area contributed by atoms with Crippen LogP contribution in [0.25, 0.3) is 0 Å². The fourth-order valence-electron chi connectivity index (χ4n) is 2.18. The third-order valence-electron chi connectivity index (χ3n) is 3.26. The van der Waals surface area contributed by atoms with Crippen LogP contribution in [-0.2, 0) is 0 Å². The average Bonchev–Trinajstić information content (AvgIpc) is 2.45. The molecule has 4 heteroatoms. The first-order chi connectivity index (χ1) is 9.61. The summed E-state index contributed by atoms with van der Waals surface area (Å²) in [6, 6.07) is 15.7. The van der Waals surface area contributed by atoms with Gasteiger partial charge >= 0.3 is 0 Å². The molecule has 2 atom stereocenters. The molecule has 0 bridgehead atoms. The van der Waals surface area contributed by atoms with E-state index in [1.165, 1.54) is 0 Å². The van der Waals surface area contributed by atoms with Gasteiger partial charge in [0, 0.05) is 15.5 Å². The van der Waals surface area contributed by atoms with Gasteiger partial charge in [0.1, 0.15) is 0 Å². The average molecular weight is 355 g/mol. The number of benzene rings is 2. The minimum atomic E-state index is -0.106. The van der Waals surface area contributed by atoms with E-state index in [0.717, 1.165) is 15.6 Å². The zero-order valence-corrected chi connectivity index (χ0v) is 13.5. The summed E-state index contributed by atoms with van der Waals surface area (Å²) in [5.74, 6) is 0. The van der Waals surface area contributed by atoms with Crippen LogP contribution in [0.4, 0.5) is 0 Å². The smallest absolute Gasteiger partial charge is 0.0626 e. The maximum absolute atomic E-state index is 9.59. The Balaban J connectivity index is 2.15. The van der Waals surface area contributed by atoms with Gasteiger partial charge in [0.2, 0.25) is 0 Å². The van der Waals surface area contributed by atoms with Crippen molar-refractivity contribution in [2.75, 3.05) is 6.61 Å². The van der Waals surface area contributed by atoms with Gasteiger partial charge in [-0.3, -0.25) is 0 Å². The summed E-state index contributed by atoms with van der Waals surface area (Å²) >= 11 is 9.67. The summed E-state index contributed by atoms with van der Waals surface area (Å²) in [4.78, 5) is 0. The number of halogens is 2. The van der Waals surface area contributed by atoms with Crippen LogP contribution in [0.5, 0.6) is 0 Å². The fraction of sp³-hybridized carbons (Fsp3) is 0.250. The van der Waals surface area contributed by atoms with E-state index < -0.39 is 0 Å². The highest BCUT2D eigenvalue weighted by atomic mass is 79.9. The normalized spacial score (nSPS) is 14.0. The molecule has 0 saturated carbocycles. The van der Waals surface area contributed by atoms with Crippen LogP contribution in [0, 0.1) is 0 Å². The van der Waals surface area contributed by atoms with Crippen LogP contribution in [0.2, 0.25) is 5.02 Å². The molecule has 0 radical (unpaired) electrons. The third kappa shape index (κ3) is 3.83. The van der Waals surface area contributed by atoms with Crippen molar-refractivity contribution in [3.05, 3.63) is 69.2 Å². The first-order valence-electron chi connectivity index (χ1n) is 6.48. The Morgan fingerprint density at radius 3 is 2.50 bits per heavy atom. The standard InChI is InChI=1S/C16H17BrClNO/c1-11(14-8-7-13(17)9-15(14)18)19-16(10-20)12-5-3-2-4-6-12/h2-9,11,16,19-20H,10H2,1H3. The molecule has 0 saturated heterocycles. The maximum Gasteiger partial charge on any atom is 0.0626 e. The quantitative estimate of drug-likeness (QED) is 0.829. The Labute approximate surface area is 132 Å². The van der Waals surface area contributed by atoms with E-state index in [0.29, 0.717) is 5.02 Å². The molecule has 20 heavy (non-hydrogen) atoms. The lowest BCUT2D eigenvalue weighted by Crippen LogP contribution is -2.27. The zero-order chi connectivity index (χ0) is 14.5. The number of aliphatic hydroxyl groups excluding tert-OH is 1. The van der Waals surface area contributed by atoms with E-state index in [-0.39, 0.29) is 18.7 Å². The van der Waals surface area contributed by atoms with Gasteiger partial charge in [0.25, 0.3) is 0 Å². The van der Waals surface area contributed by atoms with E-state index in [1.807, 2.05) is 55.5 Å². The van der Waals surface area contributed by atoms with Crippen LogP contribution in [-0.4, -0.2) is 11.7 Å². The van der Waals surface area contributed by atoms with Crippen molar-refractivity contribution in [1.82, 2.24) is 5.32 Å². The van der Waals surface area contributed by atoms with Crippen LogP contribution in [0.1, 0.15) is 30.1 Å². The lowest BCUT2D eigenvalue weighted by atomic mass is 10.0. The van der Waals surface area contributed by atoms with Crippen LogP contribution in [0.3, 0.4) is 0 Å². The van der Waals surface area contributed by atoms with Gasteiger partial charge in [0.15, 0.2) is 0 Å². The second kappa shape index (κ2) is 7.23. The first kappa shape index (κ1) is 15.5. The van der Waals surface area contributed by atoms with Crippen molar-refractivity contribution in [3.63, 3.8) is 0 Å². The van der Waals surface area contributed by atoms with Crippen LogP contribution >= 0.6 is 27.5 Å². The largest absolute Gasteiger partial charge is 0.394 e. The number of hydrogen-bond acceptors (Lipinski definition) is 2. The van der Waals surface area contributed by atoms with Gasteiger partial charge in [-0.25, -0.2) is 0 Å². The molecule has 0 aliphatic heterocycles. The number of aliphatic hydroxyl groups is 1. The van der Waals surface area contributed by atoms with Crippen molar-refractivity contribution >= 4 is 27.5 Å². The lowest BCUT2D eigenvalue weighted by Gasteiger charge is -2.23. The molecule has 2 unspecified atom stereocenters. The second-order valence-electron chi connectivity index (χ2n) is 4.70. The topological polar surface area (TPSA) is 32.3 Å². The molecule has 0 aliphatic rings. The molecule has 0 amide bonds. The van der Waals surface area contributed by atoms with Crippen molar-refractivity contribution in [1.29, 1.82) is 0 Å². The molecular formula is C16H17BrClNO. The fourth-order valence-corrected chi connectivity index (χ4v) is 3.02. The summed E-state index contributed by atoms with van der Waals surface area (Å²) in [5, 5.41) is 13.7. The summed E-state index contributed by atoms with van der Waals surface area (Å²) in [6.07, 6.45) is 0. The van der Waals surface area contributed by atoms with Crippen molar-refractivity contribution < 1.29 is 5.11 Å². The van der Waals surface area contributed by atoms with Gasteiger partial charge in [-0.2, -0.15) is 0 Å². The van der Waals surface area contributed by atoms with Crippen LogP contribution < -0.4 is 5.32 Å². The van der Waals surface area contributed by atoms with Gasteiger partial charge in [-0.05, 0) is 30.2 Å². The molecule has 2 rings (SSSR count). The first-order valence-corrected chi connectivity index (χ1v) is 7.65. The molecule has 0 spiro atoms. The van der Waals surface area contributed by atoms with Gasteiger partial charge < -0.3 is 10.4 Å². The highest BCUT2D eigenvalue weighted by Crippen LogP contribution is 2.28. The molecule has 106 valence electrons. The predicted octanol–water partition coefficient (Wildman–Crippen LogP) is 4.49. The molecule has 2 N–H and O–H groups in total. The van der Waals surface area contributed by atoms with E-state index in [2.05, 4.69) is 21.2 Å². The highest BCUT2D eigenvalue weighted by Gasteiger charge is 2.16. The van der Waals surface area contributed by atoms with Gasteiger partial charge in [-0.15, -0.1) is 0 Å². The Morgan fingerprint density at radius 2 is 1.90 bits per heavy atom. The Hall–Kier alpha value is -0.870. The highest BCUT2D eigenvalue weighted by molar-refractivity contribution is 9.10. The summed E-state index contributed by atoms with van der Waals surface area (Å²) in [5.41, 5.74) is 2.08. The Morgan fingerprint density at radius 1 is 1.20 bits per heavy atom. The molecule has 0 aliphatic carbocycles. The summed E-state index contributed by atoms with van der Waals surface area (Å²) < 4.78 is 0.959. The summed E-state index contributed by atoms with van der Waals surface area (Å²) in [7, 11) is 0. The number of nitrogens with one attached hydrogen (secondary N) is 1. The molecule has 2 aromatic rings. The Kier molecular flexibility index (Phi) is 5.61. The lowest BCUT2D eigenvalue weighted by molar-refractivity contribution is 0.235. The molecule has 0 fully saturated rings. The van der Waals surface area contributed by atoms with Gasteiger partial charge in [0.05, 0.1) is 12.6 Å². The minimum absolute atomic E-state index is 0.0441. The van der Waals surface area contributed by atoms with Crippen molar-refractivity contribution in [2.24, 2.45) is 0 Å². The maximum atomic E-state index is 9.59. The van der Waals surface area contributed by atoms with Crippen molar-refractivity contribution in [2.45, 2.75) is 19.0 Å². The second-order valence-corrected chi connectivity index (χ2v) is 6.02. The minimum Gasteiger partial charge on any atom is -0.394 e. The number of rotatable bonds is 5. The third-order valence-corrected chi connectivity index (χ3v) is 4.09. The van der Waals surface area contributed by atoms with Crippen molar-refractivity contribution in [3.8, 4) is 0 Å². The number of hydrogen-bond donors (Lipinski definition) is 2. The van der Waals surface area contributed by atoms with E-state index >= 15 is 0 Å². The molecule has 0 heterocycles. The zero-order valence-electron chi connectivity index (χ0n) is 11.2. The monoisotopic (exact) mass is 353 g/mol. The van der Waals surface area contributed by atoms with Crippen LogP contribution in [0.15, 0.2) is 53.0 Å².